The van der Waals surface area contributed by atoms with Crippen molar-refractivity contribution in [2.24, 2.45) is 5.73 Å². The number of rotatable bonds is 11. The molecule has 3 atom stereocenters. The minimum atomic E-state index is -1.59. The van der Waals surface area contributed by atoms with Crippen LogP contribution in [0.5, 0.6) is 11.5 Å². The SMILES string of the molecule is C[C@@H](O)COc1ccc(C(=O)CC[C@](C)(O)c2cc3c(c(-c4ccc(F)cc4)n2)OC[C@]3(C)C(N)=O)cc1-c1cccnc1. The van der Waals surface area contributed by atoms with Gasteiger partial charge in [-0.25, -0.2) is 9.37 Å². The van der Waals surface area contributed by atoms with Gasteiger partial charge in [0.05, 0.1) is 11.8 Å². The normalized spacial score (nSPS) is 17.7. The zero-order valence-corrected chi connectivity index (χ0v) is 24.7. The summed E-state index contributed by atoms with van der Waals surface area (Å²) < 4.78 is 25.4. The van der Waals surface area contributed by atoms with Gasteiger partial charge in [-0.05, 0) is 81.8 Å². The molecule has 2 aromatic carbocycles. The largest absolute Gasteiger partial charge is 0.490 e. The Morgan fingerprint density at radius 1 is 1.16 bits per heavy atom. The Hall–Kier alpha value is -4.67. The number of carbonyl (C=O) groups is 2. The fourth-order valence-corrected chi connectivity index (χ4v) is 5.08. The average molecular weight is 600 g/mol. The highest BCUT2D eigenvalue weighted by atomic mass is 19.1. The number of primary amides is 1. The van der Waals surface area contributed by atoms with E-state index in [1.165, 1.54) is 24.3 Å². The number of ketones is 1. The molecule has 4 N–H and O–H groups in total. The van der Waals surface area contributed by atoms with Crippen LogP contribution in [-0.2, 0) is 15.8 Å². The molecular weight excluding hydrogens is 565 g/mol. The average Bonchev–Trinajstić information content (AvgIpc) is 3.37. The van der Waals surface area contributed by atoms with Crippen molar-refractivity contribution in [1.29, 1.82) is 0 Å². The van der Waals surface area contributed by atoms with Gasteiger partial charge in [0.25, 0.3) is 0 Å². The van der Waals surface area contributed by atoms with Crippen LogP contribution >= 0.6 is 0 Å². The molecule has 0 aliphatic carbocycles. The molecule has 0 fully saturated rings. The molecule has 0 bridgehead atoms. The van der Waals surface area contributed by atoms with Gasteiger partial charge in [-0.2, -0.15) is 0 Å². The number of nitrogens with two attached hydrogens (primary N) is 1. The van der Waals surface area contributed by atoms with E-state index in [0.29, 0.717) is 39.4 Å². The van der Waals surface area contributed by atoms with Crippen molar-refractivity contribution in [3.8, 4) is 33.9 Å². The number of halogens is 1. The number of aromatic nitrogens is 2. The molecule has 4 aromatic rings. The summed E-state index contributed by atoms with van der Waals surface area (Å²) in [6, 6.07) is 15.9. The van der Waals surface area contributed by atoms with Crippen LogP contribution in [0.1, 0.15) is 55.2 Å². The number of aliphatic hydroxyl groups is 2. The minimum absolute atomic E-state index is 0.00613. The van der Waals surface area contributed by atoms with E-state index in [9.17, 15) is 24.2 Å². The van der Waals surface area contributed by atoms with Gasteiger partial charge in [0, 0.05) is 46.6 Å². The smallest absolute Gasteiger partial charge is 0.231 e. The van der Waals surface area contributed by atoms with E-state index in [-0.39, 0.29) is 37.5 Å². The molecule has 0 spiro atoms. The second-order valence-corrected chi connectivity index (χ2v) is 11.5. The molecular formula is C34H34FN3O6. The Morgan fingerprint density at radius 2 is 1.91 bits per heavy atom. The van der Waals surface area contributed by atoms with E-state index >= 15 is 0 Å². The third kappa shape index (κ3) is 6.17. The van der Waals surface area contributed by atoms with Crippen LogP contribution in [-0.4, -0.2) is 51.2 Å². The van der Waals surface area contributed by atoms with Crippen LogP contribution < -0.4 is 15.2 Å². The lowest BCUT2D eigenvalue weighted by atomic mass is 9.81. The first-order valence-electron chi connectivity index (χ1n) is 14.2. The number of hydrogen-bond donors (Lipinski definition) is 3. The highest BCUT2D eigenvalue weighted by molar-refractivity contribution is 5.98. The second kappa shape index (κ2) is 12.1. The molecule has 0 radical (unpaired) electrons. The van der Waals surface area contributed by atoms with Crippen LogP contribution in [0.25, 0.3) is 22.4 Å². The fourth-order valence-electron chi connectivity index (χ4n) is 5.08. The minimum Gasteiger partial charge on any atom is -0.490 e. The summed E-state index contributed by atoms with van der Waals surface area (Å²) >= 11 is 0. The third-order valence-electron chi connectivity index (χ3n) is 7.88. The van der Waals surface area contributed by atoms with Gasteiger partial charge in [0.1, 0.15) is 47.2 Å². The van der Waals surface area contributed by atoms with Crippen LogP contribution in [0.2, 0.25) is 0 Å². The number of ether oxygens (including phenoxy) is 2. The topological polar surface area (TPSA) is 145 Å². The Kier molecular flexibility index (Phi) is 8.49. The van der Waals surface area contributed by atoms with Crippen molar-refractivity contribution >= 4 is 11.7 Å². The third-order valence-corrected chi connectivity index (χ3v) is 7.88. The maximum Gasteiger partial charge on any atom is 0.231 e. The highest BCUT2D eigenvalue weighted by Crippen LogP contribution is 2.46. The molecule has 44 heavy (non-hydrogen) atoms. The predicted molar refractivity (Wildman–Crippen MR) is 162 cm³/mol. The van der Waals surface area contributed by atoms with Crippen molar-refractivity contribution in [3.05, 3.63) is 95.7 Å². The van der Waals surface area contributed by atoms with Crippen LogP contribution in [0.3, 0.4) is 0 Å². The summed E-state index contributed by atoms with van der Waals surface area (Å²) in [6.45, 7) is 4.90. The molecule has 1 amide bonds. The molecule has 5 rings (SSSR count). The number of nitrogens with zero attached hydrogens (tertiary/aromatic N) is 2. The lowest BCUT2D eigenvalue weighted by Gasteiger charge is -2.26. The van der Waals surface area contributed by atoms with Crippen LogP contribution in [0.4, 0.5) is 4.39 Å². The number of hydrogen-bond acceptors (Lipinski definition) is 8. The van der Waals surface area contributed by atoms with E-state index in [1.807, 2.05) is 6.07 Å². The Labute approximate surface area is 254 Å². The second-order valence-electron chi connectivity index (χ2n) is 11.5. The zero-order valence-electron chi connectivity index (χ0n) is 24.7. The van der Waals surface area contributed by atoms with E-state index in [2.05, 4.69) is 9.97 Å². The monoisotopic (exact) mass is 599 g/mol. The molecule has 0 saturated carbocycles. The van der Waals surface area contributed by atoms with Gasteiger partial charge in [-0.15, -0.1) is 0 Å². The summed E-state index contributed by atoms with van der Waals surface area (Å²) in [5, 5.41) is 21.3. The standard InChI is InChI=1S/C34H34FN3O6/c1-20(39)18-43-28-11-8-22(15-25(28)23-5-4-14-37-17-23)27(40)12-13-34(3,42)29-16-26-31(44-19-33(26,2)32(36)41)30(38-29)21-6-9-24(35)10-7-21/h4-11,14-17,20,39,42H,12-13,18-19H2,1-3H3,(H2,36,41)/t20-,33+,34+/m1/s1. The number of aliphatic hydroxyl groups excluding tert-OH is 1. The molecule has 1 aliphatic rings. The zero-order chi connectivity index (χ0) is 31.6. The number of amides is 1. The molecule has 9 nitrogen and oxygen atoms in total. The van der Waals surface area contributed by atoms with Crippen LogP contribution in [0.15, 0.2) is 73.1 Å². The van der Waals surface area contributed by atoms with Crippen LogP contribution in [0, 0.1) is 5.82 Å². The molecule has 0 unspecified atom stereocenters. The van der Waals surface area contributed by atoms with Gasteiger partial charge in [-0.1, -0.05) is 6.07 Å². The number of Topliss-reactive ketones (excluding diaryl/α,β-unsaturated/α-hetero) is 1. The molecule has 0 saturated heterocycles. The predicted octanol–water partition coefficient (Wildman–Crippen LogP) is 4.72. The fraction of sp³-hybridized carbons (Fsp3) is 0.294. The molecule has 1 aliphatic heterocycles. The summed E-state index contributed by atoms with van der Waals surface area (Å²) in [6.07, 6.45) is 2.61. The number of fused-ring (bicyclic) bond motifs is 1. The van der Waals surface area contributed by atoms with E-state index in [0.717, 1.165) is 5.56 Å². The van der Waals surface area contributed by atoms with Gasteiger partial charge < -0.3 is 25.4 Å². The van der Waals surface area contributed by atoms with E-state index in [1.54, 1.807) is 63.5 Å². The van der Waals surface area contributed by atoms with Crippen molar-refractivity contribution in [3.63, 3.8) is 0 Å². The Morgan fingerprint density at radius 3 is 2.57 bits per heavy atom. The molecule has 2 aromatic heterocycles. The van der Waals surface area contributed by atoms with Crippen molar-refractivity contribution in [1.82, 2.24) is 9.97 Å². The summed E-state index contributed by atoms with van der Waals surface area (Å²) in [7, 11) is 0. The maximum absolute atomic E-state index is 13.7. The van der Waals surface area contributed by atoms with E-state index < -0.39 is 28.8 Å². The summed E-state index contributed by atoms with van der Waals surface area (Å²) in [5.74, 6) is -0.405. The highest BCUT2D eigenvalue weighted by Gasteiger charge is 2.45. The quantitative estimate of drug-likeness (QED) is 0.210. The summed E-state index contributed by atoms with van der Waals surface area (Å²) in [4.78, 5) is 34.8. The van der Waals surface area contributed by atoms with Gasteiger partial charge in [-0.3, -0.25) is 14.6 Å². The summed E-state index contributed by atoms with van der Waals surface area (Å²) in [5.41, 5.74) is 6.35. The maximum atomic E-state index is 13.7. The van der Waals surface area contributed by atoms with Crippen molar-refractivity contribution in [2.45, 2.75) is 50.7 Å². The first kappa shape index (κ1) is 30.8. The van der Waals surface area contributed by atoms with Crippen molar-refractivity contribution < 1.29 is 33.7 Å². The first-order valence-corrected chi connectivity index (χ1v) is 14.2. The molecule has 228 valence electrons. The Balaban J connectivity index is 1.45. The number of pyridine rings is 2. The van der Waals surface area contributed by atoms with Crippen molar-refractivity contribution in [2.75, 3.05) is 13.2 Å². The lowest BCUT2D eigenvalue weighted by Crippen LogP contribution is -2.40. The molecule has 10 heteroatoms. The first-order chi connectivity index (χ1) is 20.9. The van der Waals surface area contributed by atoms with E-state index in [4.69, 9.17) is 15.2 Å². The Bertz CT molecular complexity index is 1690. The molecule has 3 heterocycles. The van der Waals surface area contributed by atoms with Gasteiger partial charge >= 0.3 is 0 Å². The number of benzene rings is 2. The lowest BCUT2D eigenvalue weighted by molar-refractivity contribution is -0.123. The van der Waals surface area contributed by atoms with Gasteiger partial charge in [0.15, 0.2) is 5.78 Å². The number of carbonyl (C=O) groups excluding carboxylic acids is 2. The van der Waals surface area contributed by atoms with Gasteiger partial charge in [0.2, 0.25) is 5.91 Å².